The van der Waals surface area contributed by atoms with Crippen LogP contribution in [0.1, 0.15) is 28.4 Å². The lowest BCUT2D eigenvalue weighted by Gasteiger charge is -2.36. The van der Waals surface area contributed by atoms with E-state index in [1.807, 2.05) is 79.5 Å². The number of carbonyl (C=O) groups excluding carboxylic acids is 1. The predicted octanol–water partition coefficient (Wildman–Crippen LogP) is 6.42. The van der Waals surface area contributed by atoms with E-state index in [-0.39, 0.29) is 5.91 Å². The quantitative estimate of drug-likeness (QED) is 0.120. The van der Waals surface area contributed by atoms with E-state index in [4.69, 9.17) is 21.3 Å². The smallest absolute Gasteiger partial charge is 0.253 e. The lowest BCUT2D eigenvalue weighted by atomic mass is 10.1. The average Bonchev–Trinajstić information content (AvgIpc) is 3.01. The Morgan fingerprint density at radius 2 is 1.66 bits per heavy atom. The Kier molecular flexibility index (Phi) is 9.64. The van der Waals surface area contributed by atoms with Crippen LogP contribution in [0.4, 0.5) is 11.5 Å². The number of para-hydroxylation sites is 2. The average molecular weight is 588 g/mol. The minimum atomic E-state index is 0.0541. The first-order chi connectivity index (χ1) is 20.0. The van der Waals surface area contributed by atoms with E-state index in [1.54, 1.807) is 6.07 Å². The number of thioether (sulfide) groups is 1. The number of ether oxygens (including phenoxy) is 1. The highest BCUT2D eigenvalue weighted by Crippen LogP contribution is 2.29. The summed E-state index contributed by atoms with van der Waals surface area (Å²) in [5.74, 6) is 2.34. The second-order valence-corrected chi connectivity index (χ2v) is 11.2. The van der Waals surface area contributed by atoms with Crippen LogP contribution in [0.15, 0.2) is 90.1 Å². The molecular weight excluding hydrogens is 554 g/mol. The first kappa shape index (κ1) is 28.8. The van der Waals surface area contributed by atoms with Gasteiger partial charge in [0.1, 0.15) is 16.7 Å². The summed E-state index contributed by atoms with van der Waals surface area (Å²) in [7, 11) is 1.99. The van der Waals surface area contributed by atoms with E-state index >= 15 is 0 Å². The zero-order valence-corrected chi connectivity index (χ0v) is 24.9. The van der Waals surface area contributed by atoms with Crippen LogP contribution in [0.5, 0.6) is 5.75 Å². The molecule has 2 heterocycles. The molecule has 4 aromatic rings. The van der Waals surface area contributed by atoms with Gasteiger partial charge in [0, 0.05) is 57.2 Å². The molecule has 41 heavy (non-hydrogen) atoms. The molecule has 9 heteroatoms. The Morgan fingerprint density at radius 1 is 0.927 bits per heavy atom. The number of hydrogen-bond donors (Lipinski definition) is 0. The third-order valence-corrected chi connectivity index (χ3v) is 8.04. The van der Waals surface area contributed by atoms with Crippen molar-refractivity contribution in [1.29, 1.82) is 0 Å². The fourth-order valence-electron chi connectivity index (χ4n) is 4.85. The molecule has 0 N–H and O–H groups in total. The van der Waals surface area contributed by atoms with Crippen molar-refractivity contribution in [1.82, 2.24) is 14.9 Å². The topological polar surface area (TPSA) is 61.8 Å². The second-order valence-electron chi connectivity index (χ2n) is 9.84. The van der Waals surface area contributed by atoms with Crippen molar-refractivity contribution in [2.24, 2.45) is 0 Å². The monoisotopic (exact) mass is 587 g/mol. The number of carbonyl (C=O) groups is 1. The first-order valence-corrected chi connectivity index (χ1v) is 15.1. The fourth-order valence-corrected chi connectivity index (χ4v) is 5.88. The Morgan fingerprint density at radius 3 is 2.44 bits per heavy atom. The molecule has 212 valence electrons. The maximum atomic E-state index is 13.4. The van der Waals surface area contributed by atoms with Gasteiger partial charge in [-0.3, -0.25) is 4.79 Å². The van der Waals surface area contributed by atoms with Crippen LogP contribution in [0.3, 0.4) is 0 Å². The molecule has 1 saturated heterocycles. The second kappa shape index (κ2) is 13.7. The van der Waals surface area contributed by atoms with Gasteiger partial charge in [-0.2, -0.15) is 0 Å². The summed E-state index contributed by atoms with van der Waals surface area (Å²) in [6.07, 6.45) is 0. The Balaban J connectivity index is 1.19. The summed E-state index contributed by atoms with van der Waals surface area (Å²) in [4.78, 5) is 28.8. The molecule has 1 aliphatic rings. The van der Waals surface area contributed by atoms with Crippen molar-refractivity contribution in [2.75, 3.05) is 49.6 Å². The molecule has 0 radical (unpaired) electrons. The van der Waals surface area contributed by atoms with Crippen LogP contribution in [0, 0.1) is 0 Å². The van der Waals surface area contributed by atoms with Crippen molar-refractivity contribution in [3.8, 4) is 5.75 Å². The van der Waals surface area contributed by atoms with Gasteiger partial charge in [0.05, 0.1) is 12.3 Å². The van der Waals surface area contributed by atoms with E-state index in [2.05, 4.69) is 33.0 Å². The summed E-state index contributed by atoms with van der Waals surface area (Å²) in [6.45, 7) is 6.18. The normalized spacial score (nSPS) is 13.2. The van der Waals surface area contributed by atoms with E-state index < -0.39 is 0 Å². The molecule has 1 amide bonds. The largest absolute Gasteiger partial charge is 0.492 e. The number of rotatable bonds is 10. The Bertz CT molecular complexity index is 1460. The van der Waals surface area contributed by atoms with Crippen LogP contribution in [0.2, 0.25) is 5.15 Å². The molecular formula is C32H34ClN5O2S. The van der Waals surface area contributed by atoms with Crippen molar-refractivity contribution in [3.63, 3.8) is 0 Å². The molecule has 0 saturated carbocycles. The van der Waals surface area contributed by atoms with Crippen molar-refractivity contribution >= 4 is 40.8 Å². The maximum Gasteiger partial charge on any atom is 0.253 e. The number of amides is 1. The summed E-state index contributed by atoms with van der Waals surface area (Å²) in [5, 5.41) is 1.01. The minimum absolute atomic E-state index is 0.0541. The third-order valence-electron chi connectivity index (χ3n) is 6.93. The molecule has 0 atom stereocenters. The first-order valence-electron chi connectivity index (χ1n) is 13.8. The van der Waals surface area contributed by atoms with Crippen LogP contribution in [-0.2, 0) is 12.3 Å². The van der Waals surface area contributed by atoms with Crippen molar-refractivity contribution in [3.05, 3.63) is 107 Å². The van der Waals surface area contributed by atoms with Gasteiger partial charge in [0.2, 0.25) is 0 Å². The number of piperazine rings is 1. The van der Waals surface area contributed by atoms with Crippen LogP contribution in [0.25, 0.3) is 0 Å². The highest BCUT2D eigenvalue weighted by molar-refractivity contribution is 7.98. The van der Waals surface area contributed by atoms with Gasteiger partial charge in [0.25, 0.3) is 5.91 Å². The van der Waals surface area contributed by atoms with Crippen molar-refractivity contribution < 1.29 is 9.53 Å². The summed E-state index contributed by atoms with van der Waals surface area (Å²) in [6, 6.07) is 27.9. The Hall–Kier alpha value is -3.75. The molecule has 7 nitrogen and oxygen atoms in total. The van der Waals surface area contributed by atoms with Crippen LogP contribution >= 0.6 is 23.4 Å². The SMILES string of the molecule is CCOc1ccccc1N1CCN(C(=O)c2cccc(CSc3nc(Cl)cc(N(C)Cc4ccccc4)n3)c2)CC1. The summed E-state index contributed by atoms with van der Waals surface area (Å²) in [5.41, 5.74) is 4.00. The number of anilines is 2. The highest BCUT2D eigenvalue weighted by Gasteiger charge is 2.24. The number of nitrogens with zero attached hydrogens (tertiary/aromatic N) is 5. The fraction of sp³-hybridized carbons (Fsp3) is 0.281. The summed E-state index contributed by atoms with van der Waals surface area (Å²) >= 11 is 7.86. The zero-order chi connectivity index (χ0) is 28.6. The molecule has 0 bridgehead atoms. The predicted molar refractivity (Wildman–Crippen MR) is 167 cm³/mol. The van der Waals surface area contributed by atoms with Crippen molar-refractivity contribution in [2.45, 2.75) is 24.4 Å². The number of aromatic nitrogens is 2. The van der Waals surface area contributed by atoms with Gasteiger partial charge in [-0.15, -0.1) is 0 Å². The van der Waals surface area contributed by atoms with Crippen LogP contribution in [-0.4, -0.2) is 60.6 Å². The third kappa shape index (κ3) is 7.51. The molecule has 0 spiro atoms. The van der Waals surface area contributed by atoms with E-state index in [1.165, 1.54) is 17.3 Å². The van der Waals surface area contributed by atoms with Gasteiger partial charge in [-0.05, 0) is 42.3 Å². The number of halogens is 1. The van der Waals surface area contributed by atoms with Gasteiger partial charge in [0.15, 0.2) is 5.16 Å². The van der Waals surface area contributed by atoms with E-state index in [0.29, 0.717) is 41.3 Å². The molecule has 1 aromatic heterocycles. The van der Waals surface area contributed by atoms with Gasteiger partial charge < -0.3 is 19.4 Å². The van der Waals surface area contributed by atoms with Gasteiger partial charge in [-0.25, -0.2) is 9.97 Å². The molecule has 3 aromatic carbocycles. The van der Waals surface area contributed by atoms with Gasteiger partial charge in [-0.1, -0.05) is 78.0 Å². The zero-order valence-electron chi connectivity index (χ0n) is 23.4. The molecule has 0 aliphatic carbocycles. The number of hydrogen-bond acceptors (Lipinski definition) is 7. The van der Waals surface area contributed by atoms with E-state index in [9.17, 15) is 4.79 Å². The molecule has 0 unspecified atom stereocenters. The standard InChI is InChI=1S/C32H34ClN5O2S/c1-3-40-28-15-8-7-14-27(28)37-16-18-38(19-17-37)31(39)26-13-9-12-25(20-26)23-41-32-34-29(33)21-30(35-32)36(2)22-24-10-5-4-6-11-24/h4-15,20-21H,3,16-19,22-23H2,1-2H3. The van der Waals surface area contributed by atoms with Gasteiger partial charge >= 0.3 is 0 Å². The molecule has 5 rings (SSSR count). The summed E-state index contributed by atoms with van der Waals surface area (Å²) < 4.78 is 5.81. The highest BCUT2D eigenvalue weighted by atomic mass is 35.5. The lowest BCUT2D eigenvalue weighted by Crippen LogP contribution is -2.48. The van der Waals surface area contributed by atoms with E-state index in [0.717, 1.165) is 42.5 Å². The number of benzene rings is 3. The maximum absolute atomic E-state index is 13.4. The molecule has 1 fully saturated rings. The lowest BCUT2D eigenvalue weighted by molar-refractivity contribution is 0.0746. The minimum Gasteiger partial charge on any atom is -0.492 e. The van der Waals surface area contributed by atoms with Crippen LogP contribution < -0.4 is 14.5 Å². The molecule has 1 aliphatic heterocycles. The Labute approximate surface area is 251 Å².